The van der Waals surface area contributed by atoms with Crippen molar-refractivity contribution in [3.05, 3.63) is 18.2 Å². The third-order valence-corrected chi connectivity index (χ3v) is 7.99. The Morgan fingerprint density at radius 1 is 1.16 bits per heavy atom. The van der Waals surface area contributed by atoms with E-state index in [1.165, 1.54) is 17.0 Å². The molecule has 1 saturated heterocycles. The highest BCUT2D eigenvalue weighted by atomic mass is 31.3. The van der Waals surface area contributed by atoms with Crippen LogP contribution >= 0.6 is 23.5 Å². The monoisotopic (exact) mass is 505 g/mol. The van der Waals surface area contributed by atoms with Crippen molar-refractivity contribution in [2.45, 2.75) is 25.2 Å². The molecule has 0 aliphatic carbocycles. The lowest BCUT2D eigenvalue weighted by Crippen LogP contribution is -2.29. The third-order valence-electron chi connectivity index (χ3n) is 4.19. The van der Waals surface area contributed by atoms with Crippen molar-refractivity contribution in [1.82, 2.24) is 19.6 Å². The van der Waals surface area contributed by atoms with Crippen molar-refractivity contribution in [1.29, 1.82) is 0 Å². The number of aromatic nitrogens is 4. The Labute approximate surface area is 173 Å². The molecule has 0 spiro atoms. The molecule has 1 aliphatic rings. The number of ether oxygens (including phenoxy) is 1. The summed E-state index contributed by atoms with van der Waals surface area (Å²) in [5.41, 5.74) is 6.37. The number of aliphatic hydroxyl groups excluding tert-OH is 1. The van der Waals surface area contributed by atoms with Crippen molar-refractivity contribution in [3.63, 3.8) is 0 Å². The van der Waals surface area contributed by atoms with Gasteiger partial charge in [-0.2, -0.15) is 13.7 Å². The molecule has 0 radical (unpaired) electrons. The minimum Gasteiger partial charge on any atom is -0.390 e. The summed E-state index contributed by atoms with van der Waals surface area (Å²) in [6, 6.07) is 0. The number of phosphoric acid groups is 3. The van der Waals surface area contributed by atoms with Crippen LogP contribution in [0.4, 0.5) is 5.82 Å². The molecule has 17 nitrogen and oxygen atoms in total. The lowest BCUT2D eigenvalue weighted by atomic mass is 9.97. The number of rotatable bonds is 8. The Hall–Kier alpha value is -1.32. The maximum absolute atomic E-state index is 11.8. The molecule has 174 valence electrons. The second-order valence-corrected chi connectivity index (χ2v) is 10.8. The number of hydrogen-bond donors (Lipinski definition) is 6. The van der Waals surface area contributed by atoms with E-state index in [9.17, 15) is 23.7 Å². The summed E-state index contributed by atoms with van der Waals surface area (Å²) in [4.78, 5) is 43.6. The van der Waals surface area contributed by atoms with E-state index in [4.69, 9.17) is 25.2 Å². The van der Waals surface area contributed by atoms with Gasteiger partial charge in [-0.1, -0.05) is 6.92 Å². The standard InChI is InChI=1S/C11H18N5O12P3/c1-5-8(17)7(3-25-30(21,22)28-31(23,24)27-29(18,19)20)26-9(5)6-2-13-11-10(12)14-4-15-16(6)11/h2,4-5,7-9,17H,3H2,1H3,(H,21,22)(H,23,24)(H2,12,14,15)(H2,18,19,20). The maximum atomic E-state index is 11.8. The fourth-order valence-electron chi connectivity index (χ4n) is 2.90. The molecule has 0 amide bonds. The van der Waals surface area contributed by atoms with Gasteiger partial charge in [0.15, 0.2) is 11.5 Å². The summed E-state index contributed by atoms with van der Waals surface area (Å²) >= 11 is 0. The molecular formula is C11H18N5O12P3. The molecule has 1 fully saturated rings. The summed E-state index contributed by atoms with van der Waals surface area (Å²) in [6.45, 7) is 0.823. The number of hydrogen-bond acceptors (Lipinski definition) is 12. The number of nitrogens with zero attached hydrogens (tertiary/aromatic N) is 4. The van der Waals surface area contributed by atoms with Gasteiger partial charge in [-0.05, 0) is 0 Å². The van der Waals surface area contributed by atoms with Crippen LogP contribution in [0.3, 0.4) is 0 Å². The lowest BCUT2D eigenvalue weighted by molar-refractivity contribution is -0.0235. The minimum atomic E-state index is -5.65. The Morgan fingerprint density at radius 3 is 2.48 bits per heavy atom. The summed E-state index contributed by atoms with van der Waals surface area (Å²) in [6.07, 6.45) is -0.625. The van der Waals surface area contributed by atoms with Crippen LogP contribution in [0.2, 0.25) is 0 Å². The molecule has 2 aromatic heterocycles. The molecule has 6 atom stereocenters. The van der Waals surface area contributed by atoms with Crippen molar-refractivity contribution in [2.24, 2.45) is 5.92 Å². The number of nitrogens with two attached hydrogens (primary N) is 1. The van der Waals surface area contributed by atoms with Crippen LogP contribution in [-0.2, 0) is 31.6 Å². The summed E-state index contributed by atoms with van der Waals surface area (Å²) in [7, 11) is -16.5. The molecule has 7 N–H and O–H groups in total. The zero-order chi connectivity index (χ0) is 23.2. The maximum Gasteiger partial charge on any atom is 0.490 e. The Balaban J connectivity index is 1.69. The predicted octanol–water partition coefficient (Wildman–Crippen LogP) is -0.513. The van der Waals surface area contributed by atoms with Gasteiger partial charge in [0.25, 0.3) is 0 Å². The van der Waals surface area contributed by atoms with E-state index in [2.05, 4.69) is 28.2 Å². The molecule has 31 heavy (non-hydrogen) atoms. The van der Waals surface area contributed by atoms with Crippen molar-refractivity contribution in [2.75, 3.05) is 12.3 Å². The van der Waals surface area contributed by atoms with Crippen molar-refractivity contribution >= 4 is 34.9 Å². The van der Waals surface area contributed by atoms with E-state index in [1.54, 1.807) is 6.92 Å². The number of fused-ring (bicyclic) bond motifs is 1. The highest BCUT2D eigenvalue weighted by Gasteiger charge is 2.46. The number of aliphatic hydroxyl groups is 1. The fourth-order valence-corrected chi connectivity index (χ4v) is 5.93. The number of nitrogen functional groups attached to an aromatic ring is 1. The van der Waals surface area contributed by atoms with Crippen LogP contribution < -0.4 is 5.73 Å². The Morgan fingerprint density at radius 2 is 1.84 bits per heavy atom. The third kappa shape index (κ3) is 5.73. The molecule has 1 aliphatic heterocycles. The van der Waals surface area contributed by atoms with Crippen LogP contribution in [0.1, 0.15) is 18.7 Å². The van der Waals surface area contributed by atoms with Gasteiger partial charge in [0, 0.05) is 5.92 Å². The first-order chi connectivity index (χ1) is 14.2. The molecule has 6 unspecified atom stereocenters. The zero-order valence-corrected chi connectivity index (χ0v) is 18.2. The SMILES string of the molecule is CC1C(c2cnc3c(N)ncnn23)OC(COP(=O)(O)OP(=O)(O)OP(=O)(O)O)C1O. The van der Waals surface area contributed by atoms with E-state index in [0.717, 1.165) is 0 Å². The fraction of sp³-hybridized carbons (Fsp3) is 0.545. The first-order valence-corrected chi connectivity index (χ1v) is 12.8. The second-order valence-electron chi connectivity index (χ2n) is 6.40. The van der Waals surface area contributed by atoms with E-state index >= 15 is 0 Å². The van der Waals surface area contributed by atoms with Crippen molar-refractivity contribution in [3.8, 4) is 0 Å². The van der Waals surface area contributed by atoms with Crippen LogP contribution in [0.25, 0.3) is 5.65 Å². The quantitative estimate of drug-likeness (QED) is 0.247. The van der Waals surface area contributed by atoms with Crippen LogP contribution in [-0.4, -0.2) is 63.1 Å². The van der Waals surface area contributed by atoms with Gasteiger partial charge >= 0.3 is 23.5 Å². The normalized spacial score (nSPS) is 28.5. The molecule has 0 saturated carbocycles. The van der Waals surface area contributed by atoms with Crippen LogP contribution in [0.15, 0.2) is 12.5 Å². The van der Waals surface area contributed by atoms with E-state index in [1.807, 2.05) is 0 Å². The molecule has 3 rings (SSSR count). The van der Waals surface area contributed by atoms with Gasteiger partial charge in [-0.3, -0.25) is 4.52 Å². The lowest BCUT2D eigenvalue weighted by Gasteiger charge is -2.19. The average molecular weight is 505 g/mol. The smallest absolute Gasteiger partial charge is 0.390 e. The minimum absolute atomic E-state index is 0.108. The van der Waals surface area contributed by atoms with E-state index < -0.39 is 54.3 Å². The Bertz CT molecular complexity index is 1110. The van der Waals surface area contributed by atoms with Gasteiger partial charge in [0.1, 0.15) is 18.5 Å². The summed E-state index contributed by atoms with van der Waals surface area (Å²) in [5, 5.41) is 14.4. The number of imidazole rings is 1. The molecule has 3 heterocycles. The highest BCUT2D eigenvalue weighted by Crippen LogP contribution is 2.66. The Kier molecular flexibility index (Phi) is 6.71. The highest BCUT2D eigenvalue weighted by molar-refractivity contribution is 7.66. The number of anilines is 1. The largest absolute Gasteiger partial charge is 0.490 e. The number of phosphoric ester groups is 1. The van der Waals surface area contributed by atoms with E-state index in [-0.39, 0.29) is 11.5 Å². The van der Waals surface area contributed by atoms with Gasteiger partial charge in [-0.25, -0.2) is 28.2 Å². The van der Waals surface area contributed by atoms with Gasteiger partial charge in [0.2, 0.25) is 0 Å². The predicted molar refractivity (Wildman–Crippen MR) is 97.8 cm³/mol. The zero-order valence-electron chi connectivity index (χ0n) is 15.5. The molecule has 2 aromatic rings. The first kappa shape index (κ1) is 24.3. The second kappa shape index (κ2) is 8.56. The van der Waals surface area contributed by atoms with E-state index in [0.29, 0.717) is 5.69 Å². The van der Waals surface area contributed by atoms with Crippen molar-refractivity contribution < 1.29 is 56.3 Å². The first-order valence-electron chi connectivity index (χ1n) is 8.25. The molecule has 20 heteroatoms. The van der Waals surface area contributed by atoms with Gasteiger partial charge < -0.3 is 35.2 Å². The summed E-state index contributed by atoms with van der Waals surface area (Å²) < 4.78 is 52.6. The molecule has 0 bridgehead atoms. The summed E-state index contributed by atoms with van der Waals surface area (Å²) in [5.74, 6) is -0.470. The molecular weight excluding hydrogens is 487 g/mol. The van der Waals surface area contributed by atoms with Gasteiger partial charge in [0.05, 0.1) is 24.6 Å². The topological polar surface area (TPSA) is 258 Å². The van der Waals surface area contributed by atoms with Crippen LogP contribution in [0.5, 0.6) is 0 Å². The van der Waals surface area contributed by atoms with Gasteiger partial charge in [-0.15, -0.1) is 0 Å². The molecule has 0 aromatic carbocycles. The van der Waals surface area contributed by atoms with Crippen LogP contribution in [0, 0.1) is 5.92 Å². The average Bonchev–Trinajstić information content (AvgIpc) is 3.13.